The molecule has 0 radical (unpaired) electrons. The number of nitrogens with zero attached hydrogens (tertiary/aromatic N) is 2. The van der Waals surface area contributed by atoms with Gasteiger partial charge in [-0.2, -0.15) is 0 Å². The van der Waals surface area contributed by atoms with Gasteiger partial charge < -0.3 is 15.8 Å². The molecule has 3 N–H and O–H groups in total. The molecular formula is C11H20N4O. The van der Waals surface area contributed by atoms with E-state index in [-0.39, 0.29) is 6.04 Å². The zero-order valence-electron chi connectivity index (χ0n) is 10.1. The van der Waals surface area contributed by atoms with Crippen molar-refractivity contribution < 1.29 is 4.74 Å². The molecule has 0 aliphatic rings. The van der Waals surface area contributed by atoms with E-state index in [1.165, 1.54) is 0 Å². The Labute approximate surface area is 96.4 Å². The number of hydrogen-bond acceptors (Lipinski definition) is 5. The molecule has 1 heterocycles. The molecule has 0 aromatic carbocycles. The standard InChI is InChI=1S/C11H20N4O/c1-4-16-7-10(8(2)3)15-11-13-5-9(12)6-14-11/h5-6,8,10H,4,7,12H2,1-3H3,(H,13,14,15). The molecule has 1 atom stereocenters. The number of ether oxygens (including phenoxy) is 1. The van der Waals surface area contributed by atoms with Gasteiger partial charge in [-0.3, -0.25) is 0 Å². The van der Waals surface area contributed by atoms with Gasteiger partial charge in [-0.15, -0.1) is 0 Å². The Morgan fingerprint density at radius 1 is 1.38 bits per heavy atom. The lowest BCUT2D eigenvalue weighted by Crippen LogP contribution is -2.31. The van der Waals surface area contributed by atoms with Crippen molar-refractivity contribution in [1.29, 1.82) is 0 Å². The van der Waals surface area contributed by atoms with Crippen LogP contribution in [0.2, 0.25) is 0 Å². The maximum absolute atomic E-state index is 5.52. The van der Waals surface area contributed by atoms with Crippen LogP contribution in [0.3, 0.4) is 0 Å². The lowest BCUT2D eigenvalue weighted by atomic mass is 10.1. The lowest BCUT2D eigenvalue weighted by molar-refractivity contribution is 0.126. The van der Waals surface area contributed by atoms with E-state index in [4.69, 9.17) is 10.5 Å². The smallest absolute Gasteiger partial charge is 0.223 e. The van der Waals surface area contributed by atoms with Crippen molar-refractivity contribution in [2.75, 3.05) is 24.3 Å². The number of aromatic nitrogens is 2. The van der Waals surface area contributed by atoms with Gasteiger partial charge in [0.2, 0.25) is 5.95 Å². The molecule has 16 heavy (non-hydrogen) atoms. The summed E-state index contributed by atoms with van der Waals surface area (Å²) in [5.41, 5.74) is 6.09. The van der Waals surface area contributed by atoms with Gasteiger partial charge in [-0.1, -0.05) is 13.8 Å². The Bertz CT molecular complexity index is 299. The number of nitrogens with one attached hydrogen (secondary N) is 1. The van der Waals surface area contributed by atoms with Crippen molar-refractivity contribution in [3.05, 3.63) is 12.4 Å². The first kappa shape index (κ1) is 12.7. The van der Waals surface area contributed by atoms with E-state index < -0.39 is 0 Å². The highest BCUT2D eigenvalue weighted by atomic mass is 16.5. The predicted molar refractivity (Wildman–Crippen MR) is 65.2 cm³/mol. The molecule has 0 spiro atoms. The van der Waals surface area contributed by atoms with Crippen molar-refractivity contribution in [2.45, 2.75) is 26.8 Å². The third-order valence-corrected chi connectivity index (χ3v) is 2.29. The second-order valence-electron chi connectivity index (χ2n) is 3.99. The molecule has 0 saturated carbocycles. The minimum Gasteiger partial charge on any atom is -0.396 e. The molecule has 1 unspecified atom stereocenters. The van der Waals surface area contributed by atoms with E-state index in [1.807, 2.05) is 6.92 Å². The summed E-state index contributed by atoms with van der Waals surface area (Å²) in [7, 11) is 0. The molecule has 5 heteroatoms. The number of hydrogen-bond donors (Lipinski definition) is 2. The molecule has 0 aliphatic heterocycles. The summed E-state index contributed by atoms with van der Waals surface area (Å²) in [4.78, 5) is 8.21. The molecule has 90 valence electrons. The largest absolute Gasteiger partial charge is 0.396 e. The van der Waals surface area contributed by atoms with Gasteiger partial charge in [0.15, 0.2) is 0 Å². The van der Waals surface area contributed by atoms with Crippen LogP contribution in [0.15, 0.2) is 12.4 Å². The molecule has 5 nitrogen and oxygen atoms in total. The topological polar surface area (TPSA) is 73.1 Å². The fourth-order valence-corrected chi connectivity index (χ4v) is 1.22. The Morgan fingerprint density at radius 2 is 2.00 bits per heavy atom. The van der Waals surface area contributed by atoms with E-state index in [0.717, 1.165) is 0 Å². The van der Waals surface area contributed by atoms with E-state index >= 15 is 0 Å². The number of nitrogens with two attached hydrogens (primary N) is 1. The van der Waals surface area contributed by atoms with Crippen molar-refractivity contribution in [3.8, 4) is 0 Å². The Morgan fingerprint density at radius 3 is 2.50 bits per heavy atom. The maximum Gasteiger partial charge on any atom is 0.223 e. The fourth-order valence-electron chi connectivity index (χ4n) is 1.22. The highest BCUT2D eigenvalue weighted by Crippen LogP contribution is 2.09. The van der Waals surface area contributed by atoms with Crippen LogP contribution in [-0.2, 0) is 4.74 Å². The Hall–Kier alpha value is -1.36. The first-order valence-corrected chi connectivity index (χ1v) is 5.55. The molecule has 0 fully saturated rings. The van der Waals surface area contributed by atoms with Gasteiger partial charge in [0.05, 0.1) is 30.7 Å². The normalized spacial score (nSPS) is 12.8. The number of nitrogen functional groups attached to an aromatic ring is 1. The van der Waals surface area contributed by atoms with Crippen LogP contribution in [0.25, 0.3) is 0 Å². The van der Waals surface area contributed by atoms with Crippen LogP contribution in [-0.4, -0.2) is 29.2 Å². The van der Waals surface area contributed by atoms with Crippen LogP contribution >= 0.6 is 0 Å². The van der Waals surface area contributed by atoms with E-state index in [1.54, 1.807) is 12.4 Å². The van der Waals surface area contributed by atoms with Crippen LogP contribution in [0.5, 0.6) is 0 Å². The monoisotopic (exact) mass is 224 g/mol. The average molecular weight is 224 g/mol. The van der Waals surface area contributed by atoms with Crippen LogP contribution in [0, 0.1) is 5.92 Å². The number of rotatable bonds is 6. The minimum absolute atomic E-state index is 0.212. The maximum atomic E-state index is 5.52. The van der Waals surface area contributed by atoms with Crippen molar-refractivity contribution in [2.24, 2.45) is 5.92 Å². The summed E-state index contributed by atoms with van der Waals surface area (Å²) >= 11 is 0. The molecule has 1 aromatic rings. The first-order chi connectivity index (χ1) is 7.63. The van der Waals surface area contributed by atoms with Gasteiger partial charge in [-0.05, 0) is 12.8 Å². The van der Waals surface area contributed by atoms with Crippen molar-refractivity contribution in [3.63, 3.8) is 0 Å². The van der Waals surface area contributed by atoms with Crippen LogP contribution in [0.4, 0.5) is 11.6 Å². The van der Waals surface area contributed by atoms with E-state index in [0.29, 0.717) is 30.8 Å². The second-order valence-corrected chi connectivity index (χ2v) is 3.99. The van der Waals surface area contributed by atoms with Crippen molar-refractivity contribution in [1.82, 2.24) is 9.97 Å². The van der Waals surface area contributed by atoms with Gasteiger partial charge in [0.1, 0.15) is 0 Å². The first-order valence-electron chi connectivity index (χ1n) is 5.55. The van der Waals surface area contributed by atoms with Gasteiger partial charge in [0.25, 0.3) is 0 Å². The van der Waals surface area contributed by atoms with E-state index in [2.05, 4.69) is 29.1 Å². The average Bonchev–Trinajstić information content (AvgIpc) is 2.26. The summed E-state index contributed by atoms with van der Waals surface area (Å²) in [6.45, 7) is 7.62. The Balaban J connectivity index is 2.57. The number of anilines is 2. The molecule has 0 bridgehead atoms. The summed E-state index contributed by atoms with van der Waals surface area (Å²) < 4.78 is 5.41. The zero-order chi connectivity index (χ0) is 12.0. The van der Waals surface area contributed by atoms with Crippen molar-refractivity contribution >= 4 is 11.6 Å². The molecular weight excluding hydrogens is 204 g/mol. The third kappa shape index (κ3) is 4.02. The molecule has 1 rings (SSSR count). The molecule has 0 saturated heterocycles. The second kappa shape index (κ2) is 6.27. The highest BCUT2D eigenvalue weighted by Gasteiger charge is 2.14. The summed E-state index contributed by atoms with van der Waals surface area (Å²) in [5.74, 6) is 1.04. The minimum atomic E-state index is 0.212. The van der Waals surface area contributed by atoms with Gasteiger partial charge in [-0.25, -0.2) is 9.97 Å². The predicted octanol–water partition coefficient (Wildman–Crippen LogP) is 1.53. The zero-order valence-corrected chi connectivity index (χ0v) is 10.1. The van der Waals surface area contributed by atoms with Gasteiger partial charge in [0, 0.05) is 6.61 Å². The van der Waals surface area contributed by atoms with Crippen LogP contribution < -0.4 is 11.1 Å². The highest BCUT2D eigenvalue weighted by molar-refractivity contribution is 5.36. The molecule has 1 aromatic heterocycles. The van der Waals surface area contributed by atoms with E-state index in [9.17, 15) is 0 Å². The van der Waals surface area contributed by atoms with Crippen LogP contribution in [0.1, 0.15) is 20.8 Å². The third-order valence-electron chi connectivity index (χ3n) is 2.29. The quantitative estimate of drug-likeness (QED) is 0.766. The molecule has 0 aliphatic carbocycles. The summed E-state index contributed by atoms with van der Waals surface area (Å²) in [5, 5.41) is 3.24. The summed E-state index contributed by atoms with van der Waals surface area (Å²) in [6.07, 6.45) is 3.18. The summed E-state index contributed by atoms with van der Waals surface area (Å²) in [6, 6.07) is 0.212. The molecule has 0 amide bonds. The fraction of sp³-hybridized carbons (Fsp3) is 0.636. The SMILES string of the molecule is CCOCC(Nc1ncc(N)cn1)C(C)C. The Kier molecular flexibility index (Phi) is 4.98. The lowest BCUT2D eigenvalue weighted by Gasteiger charge is -2.21. The van der Waals surface area contributed by atoms with Gasteiger partial charge >= 0.3 is 0 Å².